The minimum atomic E-state index is -1.57. The van der Waals surface area contributed by atoms with Crippen LogP contribution >= 0.6 is 0 Å². The van der Waals surface area contributed by atoms with Crippen molar-refractivity contribution in [2.45, 2.75) is 44.0 Å². The molecule has 0 spiro atoms. The Morgan fingerprint density at radius 2 is 2.08 bits per heavy atom. The molecule has 1 aromatic heterocycles. The molecule has 2 bridgehead atoms. The van der Waals surface area contributed by atoms with Crippen LogP contribution in [0.15, 0.2) is 35.2 Å². The molecule has 25 heavy (non-hydrogen) atoms. The molecule has 6 nitrogen and oxygen atoms in total. The van der Waals surface area contributed by atoms with Crippen molar-refractivity contribution in [2.75, 3.05) is 0 Å². The van der Waals surface area contributed by atoms with Gasteiger partial charge >= 0.3 is 11.9 Å². The van der Waals surface area contributed by atoms with Gasteiger partial charge in [-0.2, -0.15) is 0 Å². The molecule has 0 aromatic carbocycles. The molecule has 2 saturated heterocycles. The lowest BCUT2D eigenvalue weighted by atomic mass is 9.48. The van der Waals surface area contributed by atoms with Gasteiger partial charge in [-0.3, -0.25) is 4.79 Å². The monoisotopic (exact) mass is 344 g/mol. The van der Waals surface area contributed by atoms with Gasteiger partial charge < -0.3 is 19.0 Å². The topological polar surface area (TPSA) is 86.0 Å². The van der Waals surface area contributed by atoms with Crippen molar-refractivity contribution in [3.05, 3.63) is 36.3 Å². The lowest BCUT2D eigenvalue weighted by Gasteiger charge is -2.60. The average molecular weight is 344 g/mol. The Kier molecular flexibility index (Phi) is 2.89. The summed E-state index contributed by atoms with van der Waals surface area (Å²) in [4.78, 5) is 24.9. The van der Waals surface area contributed by atoms with E-state index in [1.54, 1.807) is 24.7 Å². The van der Waals surface area contributed by atoms with Crippen LogP contribution < -0.4 is 0 Å². The Bertz CT molecular complexity index is 767. The lowest BCUT2D eigenvalue weighted by molar-refractivity contribution is -0.233. The number of carbonyl (C=O) groups is 2. The summed E-state index contributed by atoms with van der Waals surface area (Å²) in [6, 6.07) is 1.81. The largest absolute Gasteiger partial charge is 0.472 e. The average Bonchev–Trinajstić information content (AvgIpc) is 3.10. The number of fused-ring (bicyclic) bond motifs is 2. The smallest absolute Gasteiger partial charge is 0.343 e. The first-order valence-electron chi connectivity index (χ1n) is 8.79. The quantitative estimate of drug-likeness (QED) is 0.620. The fraction of sp³-hybridized carbons (Fsp3) is 0.579. The van der Waals surface area contributed by atoms with E-state index in [0.717, 1.165) is 5.56 Å². The molecule has 6 rings (SSSR count). The fourth-order valence-corrected chi connectivity index (χ4v) is 5.65. The van der Waals surface area contributed by atoms with E-state index in [9.17, 15) is 14.7 Å². The molecule has 0 radical (unpaired) electrons. The molecule has 7 atom stereocenters. The number of cyclic esters (lactones) is 1. The summed E-state index contributed by atoms with van der Waals surface area (Å²) in [5, 5.41) is 10.9. The van der Waals surface area contributed by atoms with Crippen LogP contribution in [-0.4, -0.2) is 28.8 Å². The maximum absolute atomic E-state index is 12.7. The summed E-state index contributed by atoms with van der Waals surface area (Å²) in [5.41, 5.74) is -1.15. The Morgan fingerprint density at radius 1 is 1.24 bits per heavy atom. The number of furan rings is 1. The summed E-state index contributed by atoms with van der Waals surface area (Å²) in [5.74, 6) is -1.33. The van der Waals surface area contributed by atoms with Crippen LogP contribution in [0.2, 0.25) is 0 Å². The zero-order valence-corrected chi connectivity index (χ0v) is 13.9. The molecule has 0 unspecified atom stereocenters. The third-order valence-corrected chi connectivity index (χ3v) is 6.87. The third-order valence-electron chi connectivity index (χ3n) is 6.87. The van der Waals surface area contributed by atoms with E-state index in [-0.39, 0.29) is 29.8 Å². The highest BCUT2D eigenvalue weighted by Crippen LogP contribution is 2.62. The van der Waals surface area contributed by atoms with Gasteiger partial charge in [0.25, 0.3) is 0 Å². The lowest BCUT2D eigenvalue weighted by Crippen LogP contribution is -2.67. The minimum Gasteiger partial charge on any atom is -0.472 e. The maximum atomic E-state index is 12.7. The second-order valence-corrected chi connectivity index (χ2v) is 8.01. The second-order valence-electron chi connectivity index (χ2n) is 8.01. The minimum absolute atomic E-state index is 0.0961. The number of rotatable bonds is 1. The summed E-state index contributed by atoms with van der Waals surface area (Å²) in [6.07, 6.45) is 7.62. The first kappa shape index (κ1) is 15.2. The summed E-state index contributed by atoms with van der Waals surface area (Å²) >= 11 is 0. The van der Waals surface area contributed by atoms with E-state index in [4.69, 9.17) is 13.9 Å². The molecular weight excluding hydrogens is 324 g/mol. The molecule has 5 aliphatic rings. The van der Waals surface area contributed by atoms with E-state index >= 15 is 0 Å². The van der Waals surface area contributed by atoms with E-state index in [1.165, 1.54) is 0 Å². The van der Waals surface area contributed by atoms with Gasteiger partial charge in [0.05, 0.1) is 18.4 Å². The van der Waals surface area contributed by atoms with Gasteiger partial charge in [0, 0.05) is 17.4 Å². The van der Waals surface area contributed by atoms with Crippen LogP contribution in [0.4, 0.5) is 0 Å². The predicted molar refractivity (Wildman–Crippen MR) is 83.9 cm³/mol. The van der Waals surface area contributed by atoms with Crippen LogP contribution in [0.5, 0.6) is 0 Å². The number of carbonyl (C=O) groups excluding carboxylic acids is 2. The predicted octanol–water partition coefficient (Wildman–Crippen LogP) is 2.14. The van der Waals surface area contributed by atoms with Crippen LogP contribution in [0.25, 0.3) is 0 Å². The van der Waals surface area contributed by atoms with Gasteiger partial charge in [0.2, 0.25) is 0 Å². The summed E-state index contributed by atoms with van der Waals surface area (Å²) in [7, 11) is 0. The van der Waals surface area contributed by atoms with Crippen molar-refractivity contribution < 1.29 is 28.6 Å². The van der Waals surface area contributed by atoms with Gasteiger partial charge in [-0.15, -0.1) is 0 Å². The number of esters is 2. The van der Waals surface area contributed by atoms with Crippen molar-refractivity contribution in [3.8, 4) is 0 Å². The SMILES string of the molecule is C[C@@]12C[C@@H](c3ccoc3)OC(=O)[C@@H]1CC[C@@H]1[C@H]2[C@@H]2C=C[C@@]1(O)C(=O)O2. The van der Waals surface area contributed by atoms with Crippen molar-refractivity contribution in [2.24, 2.45) is 23.2 Å². The molecule has 3 aliphatic heterocycles. The molecule has 1 saturated carbocycles. The number of aliphatic hydroxyl groups is 1. The van der Waals surface area contributed by atoms with E-state index < -0.39 is 23.1 Å². The molecule has 4 heterocycles. The van der Waals surface area contributed by atoms with E-state index in [1.807, 2.05) is 6.07 Å². The molecule has 6 heteroatoms. The first-order chi connectivity index (χ1) is 11.9. The van der Waals surface area contributed by atoms with Gasteiger partial charge in [-0.05, 0) is 42.9 Å². The van der Waals surface area contributed by atoms with Gasteiger partial charge in [-0.1, -0.05) is 6.92 Å². The van der Waals surface area contributed by atoms with Gasteiger partial charge in [-0.25, -0.2) is 4.79 Å². The normalized spacial score (nSPS) is 47.7. The van der Waals surface area contributed by atoms with Crippen molar-refractivity contribution in [1.82, 2.24) is 0 Å². The van der Waals surface area contributed by atoms with Crippen LogP contribution in [-0.2, 0) is 19.1 Å². The van der Waals surface area contributed by atoms with Crippen molar-refractivity contribution in [1.29, 1.82) is 0 Å². The molecule has 2 aliphatic carbocycles. The zero-order chi connectivity index (χ0) is 17.4. The molecular formula is C19H20O6. The molecule has 1 N–H and O–H groups in total. The van der Waals surface area contributed by atoms with Crippen molar-refractivity contribution in [3.63, 3.8) is 0 Å². The third kappa shape index (κ3) is 1.83. The highest BCUT2D eigenvalue weighted by atomic mass is 16.6. The first-order valence-corrected chi connectivity index (χ1v) is 8.79. The van der Waals surface area contributed by atoms with Gasteiger partial charge in [0.1, 0.15) is 12.2 Å². The molecule has 0 amide bonds. The molecule has 132 valence electrons. The Balaban J connectivity index is 1.57. The summed E-state index contributed by atoms with van der Waals surface area (Å²) in [6.45, 7) is 2.08. The fourth-order valence-electron chi connectivity index (χ4n) is 5.65. The highest BCUT2D eigenvalue weighted by molar-refractivity contribution is 5.85. The van der Waals surface area contributed by atoms with Gasteiger partial charge in [0.15, 0.2) is 5.60 Å². The Morgan fingerprint density at radius 3 is 2.80 bits per heavy atom. The Hall–Kier alpha value is -2.08. The van der Waals surface area contributed by atoms with Crippen molar-refractivity contribution >= 4 is 11.9 Å². The summed E-state index contributed by atoms with van der Waals surface area (Å²) < 4.78 is 16.3. The highest BCUT2D eigenvalue weighted by Gasteiger charge is 2.67. The van der Waals surface area contributed by atoms with E-state index in [0.29, 0.717) is 19.3 Å². The standard InChI is InChI=1S/C19H20O6/c1-18-8-14(10-5-7-23-9-10)24-16(20)12(18)3-2-11-15(18)13-4-6-19(11,22)17(21)25-13/h4-7,9,11-15,22H,2-3,8H2,1H3/t11-,12+,13+,14+,15+,18-,19+/m1/s1. The van der Waals surface area contributed by atoms with Crippen LogP contribution in [0, 0.1) is 23.2 Å². The Labute approximate surface area is 144 Å². The van der Waals surface area contributed by atoms with E-state index in [2.05, 4.69) is 6.92 Å². The number of hydrogen-bond acceptors (Lipinski definition) is 6. The van der Waals surface area contributed by atoms with Crippen LogP contribution in [0.3, 0.4) is 0 Å². The number of ether oxygens (including phenoxy) is 2. The maximum Gasteiger partial charge on any atom is 0.343 e. The second kappa shape index (κ2) is 4.75. The zero-order valence-electron chi connectivity index (χ0n) is 13.9. The molecule has 3 fully saturated rings. The molecule has 1 aromatic rings. The van der Waals surface area contributed by atoms with Crippen LogP contribution in [0.1, 0.15) is 37.9 Å². The number of hydrogen-bond donors (Lipinski definition) is 1.